The summed E-state index contributed by atoms with van der Waals surface area (Å²) < 4.78 is 13.9. The summed E-state index contributed by atoms with van der Waals surface area (Å²) in [7, 11) is 1.98. The second-order valence-electron chi connectivity index (χ2n) is 14.1. The first-order valence-corrected chi connectivity index (χ1v) is 17.7. The van der Waals surface area contributed by atoms with Gasteiger partial charge in [-0.25, -0.2) is 4.39 Å². The number of rotatable bonds is 11. The van der Waals surface area contributed by atoms with Gasteiger partial charge in [-0.05, 0) is 72.3 Å². The van der Waals surface area contributed by atoms with Gasteiger partial charge in [-0.1, -0.05) is 42.5 Å². The molecule has 5 N–H and O–H groups in total. The number of benzene rings is 3. The van der Waals surface area contributed by atoms with Crippen molar-refractivity contribution in [3.63, 3.8) is 0 Å². The van der Waals surface area contributed by atoms with Crippen LogP contribution >= 0.6 is 0 Å². The molecule has 1 aromatic heterocycles. The number of nitro benzene ring substituents is 1. The zero-order valence-electron chi connectivity index (χ0n) is 29.1. The Morgan fingerprint density at radius 2 is 1.70 bits per heavy atom. The highest BCUT2D eigenvalue weighted by atomic mass is 19.1. The second-order valence-corrected chi connectivity index (χ2v) is 14.1. The Labute approximate surface area is 304 Å². The zero-order valence-corrected chi connectivity index (χ0v) is 29.1. The highest BCUT2D eigenvalue weighted by molar-refractivity contribution is 6.00. The fourth-order valence-corrected chi connectivity index (χ4v) is 7.95. The largest absolute Gasteiger partial charge is 0.368 e. The summed E-state index contributed by atoms with van der Waals surface area (Å²) in [4.78, 5) is 72.2. The van der Waals surface area contributed by atoms with E-state index in [0.29, 0.717) is 30.5 Å². The quantitative estimate of drug-likeness (QED) is 0.136. The Morgan fingerprint density at radius 1 is 1.00 bits per heavy atom. The average Bonchev–Trinajstić information content (AvgIpc) is 3.81. The Kier molecular flexibility index (Phi) is 9.80. The number of likely N-dealkylation sites (N-methyl/N-ethyl adjacent to an activating group) is 1. The molecule has 3 aliphatic rings. The lowest BCUT2D eigenvalue weighted by Crippen LogP contribution is -2.58. The van der Waals surface area contributed by atoms with Gasteiger partial charge >= 0.3 is 0 Å². The van der Waals surface area contributed by atoms with Gasteiger partial charge in [0, 0.05) is 61.2 Å². The molecule has 0 saturated carbocycles. The van der Waals surface area contributed by atoms with E-state index in [9.17, 15) is 33.7 Å². The van der Waals surface area contributed by atoms with Crippen LogP contribution in [0.1, 0.15) is 35.1 Å². The molecule has 2 aliphatic heterocycles. The van der Waals surface area contributed by atoms with Gasteiger partial charge in [0.05, 0.1) is 10.8 Å². The molecule has 3 aromatic carbocycles. The standard InChI is InChI=1S/C39H40FN7O6/c1-45-21-25(18-29-28-4-2-5-30-35(28)24(20-42-30)19-34(29)45)37(49)43-31(16-22-7-11-26(40)12-8-22)38(50)44-32(17-23-9-13-27(14-10-23)47(52)53)39(51)46-15-3-6-33(46)36(41)48/h2,4-5,7-14,18,20,25,31-34,42H,3,6,15-17,19,21H2,1H3,(H2,41,48)(H,43,49)(H,44,50)/t25-,31+,32+,33+,34-/m1/s1. The van der Waals surface area contributed by atoms with Gasteiger partial charge in [-0.2, -0.15) is 0 Å². The molecule has 1 fully saturated rings. The lowest BCUT2D eigenvalue weighted by molar-refractivity contribution is -0.384. The molecule has 4 aromatic rings. The fourth-order valence-electron chi connectivity index (χ4n) is 7.95. The average molecular weight is 722 g/mol. The van der Waals surface area contributed by atoms with Crippen LogP contribution in [0, 0.1) is 21.8 Å². The molecule has 1 aliphatic carbocycles. The fraction of sp³-hybridized carbons (Fsp3) is 0.333. The van der Waals surface area contributed by atoms with E-state index in [4.69, 9.17) is 5.73 Å². The van der Waals surface area contributed by atoms with Gasteiger partial charge in [0.1, 0.15) is 23.9 Å². The normalized spacial score (nSPS) is 20.6. The Hall–Kier alpha value is -5.89. The Bertz CT molecular complexity index is 2110. The number of nitrogens with zero attached hydrogens (tertiary/aromatic N) is 3. The summed E-state index contributed by atoms with van der Waals surface area (Å²) in [5.41, 5.74) is 10.9. The van der Waals surface area contributed by atoms with E-state index < -0.39 is 52.5 Å². The number of hydrogen-bond acceptors (Lipinski definition) is 7. The van der Waals surface area contributed by atoms with Crippen LogP contribution in [0.4, 0.5) is 10.1 Å². The minimum Gasteiger partial charge on any atom is -0.368 e. The maximum atomic E-state index is 14.3. The molecule has 4 amide bonds. The van der Waals surface area contributed by atoms with Crippen molar-refractivity contribution in [3.8, 4) is 0 Å². The van der Waals surface area contributed by atoms with Crippen molar-refractivity contribution in [2.24, 2.45) is 11.7 Å². The van der Waals surface area contributed by atoms with E-state index in [1.807, 2.05) is 31.5 Å². The Morgan fingerprint density at radius 3 is 2.40 bits per heavy atom. The van der Waals surface area contributed by atoms with Crippen molar-refractivity contribution < 1.29 is 28.5 Å². The summed E-state index contributed by atoms with van der Waals surface area (Å²) in [6.45, 7) is 0.670. The molecule has 0 unspecified atom stereocenters. The van der Waals surface area contributed by atoms with Gasteiger partial charge in [0.15, 0.2) is 0 Å². The van der Waals surface area contributed by atoms with E-state index in [2.05, 4.69) is 26.6 Å². The van der Waals surface area contributed by atoms with Gasteiger partial charge in [0.25, 0.3) is 5.69 Å². The first-order chi connectivity index (χ1) is 25.5. The predicted octanol–water partition coefficient (Wildman–Crippen LogP) is 3.02. The number of H-pyrrole nitrogens is 1. The monoisotopic (exact) mass is 721 g/mol. The van der Waals surface area contributed by atoms with E-state index in [1.54, 1.807) is 0 Å². The predicted molar refractivity (Wildman–Crippen MR) is 195 cm³/mol. The molecule has 5 atom stereocenters. The molecule has 13 nitrogen and oxygen atoms in total. The summed E-state index contributed by atoms with van der Waals surface area (Å²) in [6.07, 6.45) is 5.69. The van der Waals surface area contributed by atoms with Crippen LogP contribution in [-0.2, 0) is 38.4 Å². The number of nitrogens with one attached hydrogen (secondary N) is 3. The van der Waals surface area contributed by atoms with Crippen LogP contribution in [0.15, 0.2) is 79.0 Å². The third kappa shape index (κ3) is 7.27. The number of carbonyl (C=O) groups excluding carboxylic acids is 4. The van der Waals surface area contributed by atoms with Crippen molar-refractivity contribution in [2.45, 2.75) is 56.3 Å². The van der Waals surface area contributed by atoms with Gasteiger partial charge in [0.2, 0.25) is 23.6 Å². The number of carbonyl (C=O) groups is 4. The third-order valence-corrected chi connectivity index (χ3v) is 10.7. The van der Waals surface area contributed by atoms with Crippen molar-refractivity contribution >= 4 is 45.8 Å². The van der Waals surface area contributed by atoms with Crippen LogP contribution in [-0.4, -0.2) is 87.6 Å². The minimum absolute atomic E-state index is 0.00229. The number of aromatic nitrogens is 1. The Balaban J connectivity index is 1.17. The third-order valence-electron chi connectivity index (χ3n) is 10.7. The maximum Gasteiger partial charge on any atom is 0.269 e. The molecule has 1 saturated heterocycles. The van der Waals surface area contributed by atoms with Gasteiger partial charge in [-0.15, -0.1) is 0 Å². The van der Waals surface area contributed by atoms with Crippen molar-refractivity contribution in [3.05, 3.63) is 117 Å². The molecule has 14 heteroatoms. The van der Waals surface area contributed by atoms with Crippen molar-refractivity contribution in [1.29, 1.82) is 0 Å². The van der Waals surface area contributed by atoms with Crippen LogP contribution in [0.5, 0.6) is 0 Å². The second kappa shape index (κ2) is 14.6. The van der Waals surface area contributed by atoms with Crippen molar-refractivity contribution in [2.75, 3.05) is 20.1 Å². The van der Waals surface area contributed by atoms with Crippen LogP contribution in [0.3, 0.4) is 0 Å². The molecule has 0 radical (unpaired) electrons. The van der Waals surface area contributed by atoms with E-state index in [0.717, 1.165) is 28.5 Å². The molecular formula is C39H40FN7O6. The number of amides is 4. The summed E-state index contributed by atoms with van der Waals surface area (Å²) >= 11 is 0. The molecule has 0 bridgehead atoms. The highest BCUT2D eigenvalue weighted by Gasteiger charge is 2.39. The number of nitro groups is 1. The number of non-ortho nitro benzene ring substituents is 1. The lowest BCUT2D eigenvalue weighted by Gasteiger charge is -2.39. The van der Waals surface area contributed by atoms with Gasteiger partial charge in [-0.3, -0.25) is 34.2 Å². The van der Waals surface area contributed by atoms with Gasteiger partial charge < -0.3 is 26.3 Å². The van der Waals surface area contributed by atoms with Crippen LogP contribution in [0.2, 0.25) is 0 Å². The SMILES string of the molecule is CN1C[C@H](C(=O)N[C@@H](Cc2ccc(F)cc2)C(=O)N[C@@H](Cc2ccc([N+](=O)[O-])cc2)C(=O)N2CCC[C@H]2C(N)=O)C=C2c3cccc4[nH]cc(c34)C[C@H]21. The molecule has 274 valence electrons. The number of nitrogens with two attached hydrogens (primary N) is 1. The number of halogens is 1. The smallest absolute Gasteiger partial charge is 0.269 e. The summed E-state index contributed by atoms with van der Waals surface area (Å²) in [5, 5.41) is 18.1. The number of aromatic amines is 1. The van der Waals surface area contributed by atoms with Crippen LogP contribution in [0.25, 0.3) is 16.5 Å². The molecular weight excluding hydrogens is 681 g/mol. The molecule has 53 heavy (non-hydrogen) atoms. The first kappa shape index (κ1) is 35.5. The molecule has 7 rings (SSSR count). The summed E-state index contributed by atoms with van der Waals surface area (Å²) in [5.74, 6) is -3.31. The van der Waals surface area contributed by atoms with E-state index in [1.165, 1.54) is 59.0 Å². The summed E-state index contributed by atoms with van der Waals surface area (Å²) in [6, 6.07) is 14.1. The maximum absolute atomic E-state index is 14.3. The number of likely N-dealkylation sites (tertiary alicyclic amines) is 1. The number of primary amides is 1. The first-order valence-electron chi connectivity index (χ1n) is 17.7. The zero-order chi connectivity index (χ0) is 37.4. The van der Waals surface area contributed by atoms with Crippen molar-refractivity contribution in [1.82, 2.24) is 25.4 Å². The lowest BCUT2D eigenvalue weighted by atomic mass is 9.79. The minimum atomic E-state index is -1.20. The molecule has 3 heterocycles. The highest BCUT2D eigenvalue weighted by Crippen LogP contribution is 2.40. The van der Waals surface area contributed by atoms with E-state index >= 15 is 0 Å². The number of fused-ring (bicyclic) bond motifs is 2. The number of hydrogen-bond donors (Lipinski definition) is 4. The van der Waals surface area contributed by atoms with Crippen LogP contribution < -0.4 is 16.4 Å². The van der Waals surface area contributed by atoms with E-state index in [-0.39, 0.29) is 37.0 Å². The topological polar surface area (TPSA) is 184 Å². The molecule has 0 spiro atoms.